The molecule has 0 saturated carbocycles. The molecular formula is C29H27F5N4O6. The Morgan fingerprint density at radius 3 is 2.52 bits per heavy atom. The van der Waals surface area contributed by atoms with E-state index in [2.05, 4.69) is 19.6 Å². The second-order valence-corrected chi connectivity index (χ2v) is 11.0. The maximum absolute atomic E-state index is 14.2. The Morgan fingerprint density at radius 1 is 1.09 bits per heavy atom. The zero-order valence-electron chi connectivity index (χ0n) is 23.3. The van der Waals surface area contributed by atoms with Crippen LogP contribution in [-0.4, -0.2) is 56.0 Å². The molecule has 3 aliphatic rings. The summed E-state index contributed by atoms with van der Waals surface area (Å²) in [6.45, 7) is 2.03. The van der Waals surface area contributed by atoms with Crippen molar-refractivity contribution >= 4 is 11.9 Å². The van der Waals surface area contributed by atoms with Crippen molar-refractivity contribution in [3.63, 3.8) is 0 Å². The molecule has 3 aromatic rings. The summed E-state index contributed by atoms with van der Waals surface area (Å²) in [5, 5.41) is 13.2. The molecule has 234 valence electrons. The van der Waals surface area contributed by atoms with Crippen LogP contribution in [0.25, 0.3) is 5.69 Å². The first kappa shape index (κ1) is 29.6. The molecule has 0 bridgehead atoms. The quantitative estimate of drug-likeness (QED) is 0.359. The number of likely N-dealkylation sites (tertiary alicyclic amines) is 1. The summed E-state index contributed by atoms with van der Waals surface area (Å²) < 4.78 is 85.3. The minimum atomic E-state index is -4.77. The van der Waals surface area contributed by atoms with Gasteiger partial charge in [-0.3, -0.25) is 9.59 Å². The van der Waals surface area contributed by atoms with Crippen LogP contribution in [0.4, 0.5) is 22.0 Å². The molecule has 1 fully saturated rings. The van der Waals surface area contributed by atoms with E-state index in [1.54, 1.807) is 6.92 Å². The molecule has 2 atom stereocenters. The zero-order chi connectivity index (χ0) is 31.4. The molecule has 15 heteroatoms. The highest BCUT2D eigenvalue weighted by Crippen LogP contribution is 2.44. The highest BCUT2D eigenvalue weighted by Gasteiger charge is 2.45. The van der Waals surface area contributed by atoms with E-state index in [4.69, 9.17) is 4.74 Å². The van der Waals surface area contributed by atoms with Gasteiger partial charge in [-0.1, -0.05) is 6.07 Å². The Morgan fingerprint density at radius 2 is 1.82 bits per heavy atom. The number of nitrogens with zero attached hydrogens (tertiary/aromatic N) is 4. The van der Waals surface area contributed by atoms with Crippen molar-refractivity contribution in [2.45, 2.75) is 63.5 Å². The first-order valence-corrected chi connectivity index (χ1v) is 14.0. The monoisotopic (exact) mass is 622 g/mol. The van der Waals surface area contributed by atoms with Crippen molar-refractivity contribution < 1.29 is 50.9 Å². The predicted octanol–water partition coefficient (Wildman–Crippen LogP) is 5.49. The summed E-state index contributed by atoms with van der Waals surface area (Å²) in [6.07, 6.45) is -6.67. The molecule has 1 saturated heterocycles. The molecule has 1 N–H and O–H groups in total. The van der Waals surface area contributed by atoms with Gasteiger partial charge in [0.15, 0.2) is 17.2 Å². The van der Waals surface area contributed by atoms with E-state index in [0.717, 1.165) is 4.68 Å². The van der Waals surface area contributed by atoms with Crippen molar-refractivity contribution in [3.05, 3.63) is 59.0 Å². The number of piperidine rings is 1. The van der Waals surface area contributed by atoms with Crippen molar-refractivity contribution in [3.8, 4) is 23.1 Å². The van der Waals surface area contributed by atoms with Crippen LogP contribution in [0.2, 0.25) is 0 Å². The average molecular weight is 623 g/mol. The van der Waals surface area contributed by atoms with Crippen LogP contribution in [0.3, 0.4) is 0 Å². The summed E-state index contributed by atoms with van der Waals surface area (Å²) in [7, 11) is 0. The average Bonchev–Trinajstić information content (AvgIpc) is 3.53. The second kappa shape index (κ2) is 10.9. The maximum Gasteiger partial charge on any atom is 0.586 e. The van der Waals surface area contributed by atoms with Crippen molar-refractivity contribution in [2.24, 2.45) is 5.92 Å². The number of carbonyl (C=O) groups is 2. The number of amides is 1. The van der Waals surface area contributed by atoms with Crippen LogP contribution in [0.1, 0.15) is 67.1 Å². The number of rotatable bonds is 6. The number of aromatic nitrogens is 3. The molecule has 0 unspecified atom stereocenters. The van der Waals surface area contributed by atoms with Crippen LogP contribution in [-0.2, 0) is 22.2 Å². The second-order valence-electron chi connectivity index (χ2n) is 11.0. The first-order valence-electron chi connectivity index (χ1n) is 14.0. The van der Waals surface area contributed by atoms with Gasteiger partial charge in [0.2, 0.25) is 11.8 Å². The third kappa shape index (κ3) is 5.62. The van der Waals surface area contributed by atoms with E-state index >= 15 is 0 Å². The molecule has 10 nitrogen and oxygen atoms in total. The van der Waals surface area contributed by atoms with E-state index < -0.39 is 42.1 Å². The predicted molar refractivity (Wildman–Crippen MR) is 141 cm³/mol. The zero-order valence-corrected chi connectivity index (χ0v) is 23.3. The Hall–Kier alpha value is -4.43. The summed E-state index contributed by atoms with van der Waals surface area (Å²) in [4.78, 5) is 30.7. The summed E-state index contributed by atoms with van der Waals surface area (Å²) >= 11 is 0. The lowest BCUT2D eigenvalue weighted by atomic mass is 9.84. The largest absolute Gasteiger partial charge is 0.586 e. The summed E-state index contributed by atoms with van der Waals surface area (Å²) in [5.41, 5.74) is -0.350. The Balaban J connectivity index is 1.30. The van der Waals surface area contributed by atoms with Crippen LogP contribution in [0, 0.1) is 5.92 Å². The third-order valence-electron chi connectivity index (χ3n) is 8.15. The molecule has 4 heterocycles. The number of aliphatic carboxylic acids is 1. The van der Waals surface area contributed by atoms with Crippen LogP contribution < -0.4 is 14.2 Å². The van der Waals surface area contributed by atoms with E-state index in [1.807, 2.05) is 0 Å². The van der Waals surface area contributed by atoms with Crippen LogP contribution in [0.15, 0.2) is 36.5 Å². The van der Waals surface area contributed by atoms with Gasteiger partial charge in [0.1, 0.15) is 6.10 Å². The third-order valence-corrected chi connectivity index (χ3v) is 8.15. The smallest absolute Gasteiger partial charge is 0.481 e. The van der Waals surface area contributed by atoms with Crippen molar-refractivity contribution in [1.82, 2.24) is 19.7 Å². The number of halogens is 5. The summed E-state index contributed by atoms with van der Waals surface area (Å²) in [5.74, 6) is -3.07. The number of hydrogen-bond donors (Lipinski definition) is 1. The Bertz CT molecular complexity index is 1600. The normalized spacial score (nSPS) is 20.2. The Kier molecular flexibility index (Phi) is 7.36. The van der Waals surface area contributed by atoms with Gasteiger partial charge < -0.3 is 24.2 Å². The fourth-order valence-corrected chi connectivity index (χ4v) is 5.98. The number of fused-ring (bicyclic) bond motifs is 2. The van der Waals surface area contributed by atoms with E-state index in [1.165, 1.54) is 41.4 Å². The minimum Gasteiger partial charge on any atom is -0.481 e. The van der Waals surface area contributed by atoms with Gasteiger partial charge in [-0.25, -0.2) is 9.67 Å². The fourth-order valence-electron chi connectivity index (χ4n) is 5.98. The van der Waals surface area contributed by atoms with Gasteiger partial charge in [0.05, 0.1) is 23.2 Å². The number of alkyl halides is 5. The molecular weight excluding hydrogens is 595 g/mol. The van der Waals surface area contributed by atoms with Gasteiger partial charge >= 0.3 is 18.4 Å². The van der Waals surface area contributed by atoms with Crippen molar-refractivity contribution in [1.29, 1.82) is 0 Å². The number of benzene rings is 1. The van der Waals surface area contributed by atoms with Crippen molar-refractivity contribution in [2.75, 3.05) is 13.1 Å². The topological polar surface area (TPSA) is 116 Å². The molecule has 1 aromatic carbocycles. The number of hydrogen-bond acceptors (Lipinski definition) is 7. The van der Waals surface area contributed by atoms with Gasteiger partial charge in [-0.15, -0.1) is 8.78 Å². The fraction of sp³-hybridized carbons (Fsp3) is 0.448. The molecule has 2 aliphatic heterocycles. The Labute approximate surface area is 247 Å². The number of carbonyl (C=O) groups excluding carboxylic acids is 1. The highest BCUT2D eigenvalue weighted by molar-refractivity contribution is 5.84. The van der Waals surface area contributed by atoms with E-state index in [9.17, 15) is 36.6 Å². The number of carboxylic acid groups (broad SMARTS) is 1. The SMILES string of the molecule is C[C@H](Oc1cc(-n2nc(C(F)(F)F)c3c2[C@H](C(=O)N2CCC(C(=O)O)CC2)CCC3)ccn1)c1ccc2c(c1)OC(F)(F)O2. The number of ether oxygens (including phenoxy) is 3. The lowest BCUT2D eigenvalue weighted by molar-refractivity contribution is -0.286. The highest BCUT2D eigenvalue weighted by atomic mass is 19.4. The minimum absolute atomic E-state index is 0.0187. The maximum atomic E-state index is 14.2. The van der Waals surface area contributed by atoms with Gasteiger partial charge in [0.25, 0.3) is 0 Å². The number of carboxylic acids is 1. The molecule has 0 radical (unpaired) electrons. The molecule has 0 spiro atoms. The molecule has 6 rings (SSSR count). The van der Waals surface area contributed by atoms with E-state index in [-0.39, 0.29) is 72.6 Å². The number of pyridine rings is 1. The molecule has 2 aromatic heterocycles. The lowest BCUT2D eigenvalue weighted by Gasteiger charge is -2.34. The van der Waals surface area contributed by atoms with Gasteiger partial charge in [-0.05, 0) is 62.8 Å². The lowest BCUT2D eigenvalue weighted by Crippen LogP contribution is -2.43. The van der Waals surface area contributed by atoms with Crippen LogP contribution >= 0.6 is 0 Å². The standard InChI is InChI=1S/C29H27F5N4O6/c1-15(17-5-6-21-22(13-17)44-29(33,34)43-21)42-23-14-18(7-10-35-23)38-24-19(25(36-38)28(30,31)32)3-2-4-20(24)26(39)37-11-8-16(9-12-37)27(40)41/h5-7,10,13-16,20H,2-4,8-9,11-12H2,1H3,(H,40,41)/t15-,20+/m0/s1. The van der Waals surface area contributed by atoms with Gasteiger partial charge in [0, 0.05) is 30.9 Å². The molecule has 44 heavy (non-hydrogen) atoms. The molecule has 1 aliphatic carbocycles. The summed E-state index contributed by atoms with van der Waals surface area (Å²) in [6, 6.07) is 6.99. The van der Waals surface area contributed by atoms with Gasteiger partial charge in [-0.2, -0.15) is 18.3 Å². The molecule has 1 amide bonds. The van der Waals surface area contributed by atoms with Crippen LogP contribution in [0.5, 0.6) is 17.4 Å². The first-order chi connectivity index (χ1) is 20.8. The van der Waals surface area contributed by atoms with E-state index in [0.29, 0.717) is 18.4 Å².